The number of aliphatic carboxylic acids is 1. The third-order valence-corrected chi connectivity index (χ3v) is 11.2. The molecular formula is C35H40F3N5O6S2. The Morgan fingerprint density at radius 1 is 1.06 bits per heavy atom. The van der Waals surface area contributed by atoms with E-state index in [0.717, 1.165) is 78.9 Å². The molecule has 4 aromatic heterocycles. The van der Waals surface area contributed by atoms with E-state index < -0.39 is 18.1 Å². The van der Waals surface area contributed by atoms with Crippen LogP contribution in [0.5, 0.6) is 0 Å². The van der Waals surface area contributed by atoms with Gasteiger partial charge in [-0.25, -0.2) is 19.6 Å². The molecule has 274 valence electrons. The number of hydrogen-bond acceptors (Lipinski definition) is 10. The van der Waals surface area contributed by atoms with Crippen LogP contribution in [0.1, 0.15) is 88.8 Å². The fourth-order valence-corrected chi connectivity index (χ4v) is 7.79. The maximum absolute atomic E-state index is 13.6. The average Bonchev–Trinajstić information content (AvgIpc) is 3.74. The molecule has 0 bridgehead atoms. The standard InChI is InChI=1S/C33H39N5O4S2.C2HF3O2/c1-33(2,3)22-5-7-25-20(14-22)15-27-30(36-25)44-31(37-27)29(40)35-26(10-13-38-11-8-23(39)9-12-38)19-4-6-24(34-17-19)21-16-28(32(41)42)43-18-21;3-2(4,5)1(6)7/h4,6,15-18,22-23,26,39H,5,7-14H2,1-3H3,(H,35,40)(H,41,42);(H,6,7)/t22-,26+;/m0./s1. The van der Waals surface area contributed by atoms with Crippen molar-refractivity contribution in [2.24, 2.45) is 11.3 Å². The zero-order chi connectivity index (χ0) is 37.1. The van der Waals surface area contributed by atoms with Crippen molar-refractivity contribution in [2.75, 3.05) is 19.6 Å². The normalized spacial score (nSPS) is 17.7. The molecule has 0 saturated carbocycles. The lowest BCUT2D eigenvalue weighted by Crippen LogP contribution is -2.38. The van der Waals surface area contributed by atoms with Crippen molar-refractivity contribution in [3.05, 3.63) is 62.5 Å². The SMILES string of the molecule is CC(C)(C)[C@H]1CCc2nc3sc(C(=O)N[C@H](CCN4CCC(O)CC4)c4ccc(-c5csc(C(=O)O)c5)nc4)nc3cc2C1.O=C(O)C(F)(F)F. The molecule has 5 heterocycles. The Morgan fingerprint density at radius 2 is 1.76 bits per heavy atom. The molecule has 11 nitrogen and oxygen atoms in total. The quantitative estimate of drug-likeness (QED) is 0.154. The fraction of sp³-hybridized carbons (Fsp3) is 0.486. The summed E-state index contributed by atoms with van der Waals surface area (Å²) in [4.78, 5) is 51.5. The number of aromatic nitrogens is 3. The van der Waals surface area contributed by atoms with Crippen molar-refractivity contribution in [3.8, 4) is 11.3 Å². The van der Waals surface area contributed by atoms with E-state index in [2.05, 4.69) is 42.0 Å². The maximum Gasteiger partial charge on any atom is 0.490 e. The van der Waals surface area contributed by atoms with E-state index in [9.17, 15) is 33.0 Å². The van der Waals surface area contributed by atoms with E-state index >= 15 is 0 Å². The number of nitrogens with zero attached hydrogens (tertiary/aromatic N) is 4. The minimum atomic E-state index is -5.08. The lowest BCUT2D eigenvalue weighted by Gasteiger charge is -2.34. The van der Waals surface area contributed by atoms with Crippen LogP contribution in [0.4, 0.5) is 13.2 Å². The van der Waals surface area contributed by atoms with Crippen molar-refractivity contribution < 1.29 is 42.9 Å². The summed E-state index contributed by atoms with van der Waals surface area (Å²) in [6, 6.07) is 7.28. The van der Waals surface area contributed by atoms with E-state index in [-0.39, 0.29) is 28.3 Å². The van der Waals surface area contributed by atoms with Crippen LogP contribution in [0.2, 0.25) is 0 Å². The number of aliphatic hydroxyl groups excluding tert-OH is 1. The number of rotatable bonds is 8. The Morgan fingerprint density at radius 3 is 2.35 bits per heavy atom. The van der Waals surface area contributed by atoms with Crippen LogP contribution >= 0.6 is 22.7 Å². The number of carboxylic acids is 2. The highest BCUT2D eigenvalue weighted by Crippen LogP contribution is 2.38. The third kappa shape index (κ3) is 9.87. The van der Waals surface area contributed by atoms with Crippen LogP contribution in [0, 0.1) is 11.3 Å². The lowest BCUT2D eigenvalue weighted by atomic mass is 9.71. The average molecular weight is 748 g/mol. The molecule has 1 fully saturated rings. The number of nitrogens with one attached hydrogen (secondary N) is 1. The zero-order valence-corrected chi connectivity index (χ0v) is 30.0. The molecule has 4 aromatic rings. The van der Waals surface area contributed by atoms with Crippen LogP contribution in [0.15, 0.2) is 35.8 Å². The highest BCUT2D eigenvalue weighted by Gasteiger charge is 2.38. The van der Waals surface area contributed by atoms with Gasteiger partial charge in [0.1, 0.15) is 15.2 Å². The summed E-state index contributed by atoms with van der Waals surface area (Å²) >= 11 is 2.51. The summed E-state index contributed by atoms with van der Waals surface area (Å²) < 4.78 is 31.7. The number of halogens is 3. The summed E-state index contributed by atoms with van der Waals surface area (Å²) in [5.74, 6) is -3.35. The Bertz CT molecular complexity index is 1860. The van der Waals surface area contributed by atoms with Gasteiger partial charge in [-0.05, 0) is 79.2 Å². The number of amides is 1. The number of fused-ring (bicyclic) bond motifs is 2. The smallest absolute Gasteiger partial charge is 0.477 e. The number of aryl methyl sites for hydroxylation is 1. The Kier molecular flexibility index (Phi) is 11.8. The lowest BCUT2D eigenvalue weighted by molar-refractivity contribution is -0.192. The highest BCUT2D eigenvalue weighted by atomic mass is 32.1. The van der Waals surface area contributed by atoms with Gasteiger partial charge in [0.05, 0.1) is 17.8 Å². The van der Waals surface area contributed by atoms with Crippen LogP contribution in [-0.4, -0.2) is 84.9 Å². The molecule has 1 amide bonds. The number of piperidine rings is 1. The molecule has 0 aromatic carbocycles. The molecule has 6 rings (SSSR count). The number of carbonyl (C=O) groups is 3. The predicted octanol–water partition coefficient (Wildman–Crippen LogP) is 6.62. The minimum absolute atomic E-state index is 0.231. The second kappa shape index (κ2) is 15.7. The number of aliphatic hydroxyl groups is 1. The first-order valence-corrected chi connectivity index (χ1v) is 18.3. The van der Waals surface area contributed by atoms with E-state index in [4.69, 9.17) is 19.9 Å². The number of carboxylic acid groups (broad SMARTS) is 2. The monoisotopic (exact) mass is 747 g/mol. The van der Waals surface area contributed by atoms with Crippen molar-refractivity contribution in [2.45, 2.75) is 77.6 Å². The second-order valence-electron chi connectivity index (χ2n) is 13.9. The molecule has 1 aliphatic carbocycles. The van der Waals surface area contributed by atoms with Crippen LogP contribution in [0.25, 0.3) is 21.6 Å². The minimum Gasteiger partial charge on any atom is -0.477 e. The molecule has 16 heteroatoms. The van der Waals surface area contributed by atoms with Gasteiger partial charge in [0.25, 0.3) is 5.91 Å². The van der Waals surface area contributed by atoms with Gasteiger partial charge < -0.3 is 25.5 Å². The summed E-state index contributed by atoms with van der Waals surface area (Å²) in [7, 11) is 0. The number of thiazole rings is 1. The first-order valence-electron chi connectivity index (χ1n) is 16.6. The number of aromatic carboxylic acids is 1. The van der Waals surface area contributed by atoms with E-state index in [1.54, 1.807) is 17.6 Å². The molecule has 1 saturated heterocycles. The largest absolute Gasteiger partial charge is 0.490 e. The van der Waals surface area contributed by atoms with Crippen molar-refractivity contribution in [1.29, 1.82) is 0 Å². The molecule has 4 N–H and O–H groups in total. The number of alkyl halides is 3. The molecule has 51 heavy (non-hydrogen) atoms. The van der Waals surface area contributed by atoms with Gasteiger partial charge >= 0.3 is 18.1 Å². The summed E-state index contributed by atoms with van der Waals surface area (Å²) in [5, 5.41) is 31.7. The van der Waals surface area contributed by atoms with Crippen molar-refractivity contribution >= 4 is 50.9 Å². The second-order valence-corrected chi connectivity index (χ2v) is 15.8. The van der Waals surface area contributed by atoms with Gasteiger partial charge in [-0.2, -0.15) is 13.2 Å². The number of thiophene rings is 1. The van der Waals surface area contributed by atoms with Crippen LogP contribution in [-0.2, 0) is 17.6 Å². The number of pyridine rings is 2. The van der Waals surface area contributed by atoms with Gasteiger partial charge in [0.2, 0.25) is 0 Å². The van der Waals surface area contributed by atoms with Crippen LogP contribution in [0.3, 0.4) is 0 Å². The number of carbonyl (C=O) groups excluding carboxylic acids is 1. The van der Waals surface area contributed by atoms with E-state index in [0.29, 0.717) is 23.0 Å². The van der Waals surface area contributed by atoms with Gasteiger partial charge in [-0.3, -0.25) is 9.78 Å². The molecule has 1 aliphatic heterocycles. The summed E-state index contributed by atoms with van der Waals surface area (Å²) in [6.45, 7) is 9.32. The molecule has 2 atom stereocenters. The summed E-state index contributed by atoms with van der Waals surface area (Å²) in [5.41, 5.74) is 5.70. The fourth-order valence-electron chi connectivity index (χ4n) is 6.21. The highest BCUT2D eigenvalue weighted by molar-refractivity contribution is 7.19. The number of hydrogen-bond donors (Lipinski definition) is 4. The molecule has 0 unspecified atom stereocenters. The van der Waals surface area contributed by atoms with Gasteiger partial charge in [0, 0.05) is 42.5 Å². The van der Waals surface area contributed by atoms with E-state index in [1.807, 2.05) is 12.1 Å². The number of likely N-dealkylation sites (tertiary alicyclic amines) is 1. The molecule has 2 aliphatic rings. The third-order valence-electron chi connectivity index (χ3n) is 9.30. The van der Waals surface area contributed by atoms with Crippen molar-refractivity contribution in [1.82, 2.24) is 25.2 Å². The Labute approximate surface area is 300 Å². The van der Waals surface area contributed by atoms with Gasteiger partial charge in [-0.1, -0.05) is 38.2 Å². The zero-order valence-electron chi connectivity index (χ0n) is 28.4. The van der Waals surface area contributed by atoms with Gasteiger partial charge in [-0.15, -0.1) is 11.3 Å². The first-order chi connectivity index (χ1) is 24.0. The van der Waals surface area contributed by atoms with Gasteiger partial charge in [0.15, 0.2) is 5.01 Å². The molecular weight excluding hydrogens is 708 g/mol. The molecule has 0 radical (unpaired) electrons. The van der Waals surface area contributed by atoms with Crippen molar-refractivity contribution in [3.63, 3.8) is 0 Å². The Balaban J connectivity index is 0.000000654. The topological polar surface area (TPSA) is 166 Å². The Hall–Kier alpha value is -3.99. The summed E-state index contributed by atoms with van der Waals surface area (Å²) in [6.07, 6.45) is 1.69. The maximum atomic E-state index is 13.6. The van der Waals surface area contributed by atoms with Crippen LogP contribution < -0.4 is 5.32 Å². The molecule has 0 spiro atoms. The van der Waals surface area contributed by atoms with E-state index in [1.165, 1.54) is 28.2 Å². The predicted molar refractivity (Wildman–Crippen MR) is 187 cm³/mol. The first kappa shape index (κ1) is 38.2.